The lowest BCUT2D eigenvalue weighted by molar-refractivity contribution is 0.0602. The van der Waals surface area contributed by atoms with Crippen LogP contribution in [0.2, 0.25) is 0 Å². The van der Waals surface area contributed by atoms with E-state index in [0.717, 1.165) is 11.1 Å². The summed E-state index contributed by atoms with van der Waals surface area (Å²) >= 11 is 0. The Morgan fingerprint density at radius 2 is 1.41 bits per heavy atom. The summed E-state index contributed by atoms with van der Waals surface area (Å²) in [5.41, 5.74) is 3.43. The number of carbonyl (C=O) groups excluding carboxylic acids is 1. The van der Waals surface area contributed by atoms with Gasteiger partial charge in [-0.3, -0.25) is 15.0 Å². The van der Waals surface area contributed by atoms with Gasteiger partial charge in [-0.1, -0.05) is 12.1 Å². The summed E-state index contributed by atoms with van der Waals surface area (Å²) in [6.07, 6.45) is 10.0. The topological polar surface area (TPSA) is 65.0 Å². The second-order valence-electron chi connectivity index (χ2n) is 4.58. The Kier molecular flexibility index (Phi) is 3.87. The van der Waals surface area contributed by atoms with Gasteiger partial charge in [0.05, 0.1) is 12.7 Å². The Bertz CT molecular complexity index is 732. The third-order valence-electron chi connectivity index (χ3n) is 3.28. The van der Waals surface area contributed by atoms with Crippen LogP contribution in [0.25, 0.3) is 22.3 Å². The highest BCUT2D eigenvalue weighted by Gasteiger charge is 2.20. The lowest BCUT2D eigenvalue weighted by Gasteiger charge is -2.12. The monoisotopic (exact) mass is 291 g/mol. The maximum Gasteiger partial charge on any atom is 0.339 e. The predicted molar refractivity (Wildman–Crippen MR) is 82.0 cm³/mol. The van der Waals surface area contributed by atoms with Gasteiger partial charge in [0.25, 0.3) is 0 Å². The predicted octanol–water partition coefficient (Wildman–Crippen LogP) is 2.99. The van der Waals surface area contributed by atoms with Crippen molar-refractivity contribution < 1.29 is 9.53 Å². The van der Waals surface area contributed by atoms with Crippen molar-refractivity contribution in [2.24, 2.45) is 0 Å². The van der Waals surface area contributed by atoms with E-state index in [9.17, 15) is 4.79 Å². The molecule has 0 unspecified atom stereocenters. The van der Waals surface area contributed by atoms with Crippen molar-refractivity contribution in [3.8, 4) is 22.3 Å². The molecule has 3 rings (SSSR count). The molecule has 0 radical (unpaired) electrons. The molecule has 3 heterocycles. The summed E-state index contributed by atoms with van der Waals surface area (Å²) in [7, 11) is 1.36. The summed E-state index contributed by atoms with van der Waals surface area (Å²) in [6.45, 7) is 0. The largest absolute Gasteiger partial charge is 0.465 e. The molecule has 0 saturated heterocycles. The lowest BCUT2D eigenvalue weighted by Crippen LogP contribution is -2.07. The summed E-state index contributed by atoms with van der Waals surface area (Å²) in [6, 6.07) is 7.38. The second kappa shape index (κ2) is 6.13. The highest BCUT2D eigenvalue weighted by atomic mass is 16.5. The molecule has 0 fully saturated rings. The number of hydrogen-bond acceptors (Lipinski definition) is 5. The SMILES string of the molecule is COC(=O)c1c(-c2cccnc2)cncc1-c1cccnc1. The van der Waals surface area contributed by atoms with Crippen molar-refractivity contribution in [3.63, 3.8) is 0 Å². The Morgan fingerprint density at radius 3 is 1.82 bits per heavy atom. The third-order valence-corrected chi connectivity index (χ3v) is 3.28. The first-order valence-corrected chi connectivity index (χ1v) is 6.68. The minimum Gasteiger partial charge on any atom is -0.465 e. The molecule has 108 valence electrons. The minimum atomic E-state index is -0.417. The maximum absolute atomic E-state index is 12.3. The van der Waals surface area contributed by atoms with Gasteiger partial charge in [0, 0.05) is 59.4 Å². The van der Waals surface area contributed by atoms with Crippen LogP contribution in [0.15, 0.2) is 61.4 Å². The zero-order chi connectivity index (χ0) is 15.4. The molecule has 0 amide bonds. The molecule has 3 aromatic rings. The third kappa shape index (κ3) is 2.56. The van der Waals surface area contributed by atoms with E-state index in [1.165, 1.54) is 7.11 Å². The van der Waals surface area contributed by atoms with Gasteiger partial charge in [-0.05, 0) is 12.1 Å². The molecule has 22 heavy (non-hydrogen) atoms. The van der Waals surface area contributed by atoms with Crippen molar-refractivity contribution in [1.82, 2.24) is 15.0 Å². The Hall–Kier alpha value is -3.08. The van der Waals surface area contributed by atoms with E-state index in [4.69, 9.17) is 4.74 Å². The molecule has 5 nitrogen and oxygen atoms in total. The molecule has 5 heteroatoms. The van der Waals surface area contributed by atoms with Crippen molar-refractivity contribution in [2.45, 2.75) is 0 Å². The van der Waals surface area contributed by atoms with Crippen LogP contribution in [0.4, 0.5) is 0 Å². The Morgan fingerprint density at radius 1 is 0.864 bits per heavy atom. The van der Waals surface area contributed by atoms with Gasteiger partial charge in [0.2, 0.25) is 0 Å². The standard InChI is InChI=1S/C17H13N3O2/c1-22-17(21)16-14(12-4-2-6-18-8-12)10-20-11-15(16)13-5-3-7-19-9-13/h2-11H,1H3. The van der Waals surface area contributed by atoms with Crippen LogP contribution in [-0.2, 0) is 4.74 Å². The molecule has 0 aliphatic heterocycles. The number of rotatable bonds is 3. The van der Waals surface area contributed by atoms with Crippen LogP contribution in [0.5, 0.6) is 0 Å². The summed E-state index contributed by atoms with van der Waals surface area (Å²) in [5.74, 6) is -0.417. The van der Waals surface area contributed by atoms with E-state index in [2.05, 4.69) is 15.0 Å². The number of esters is 1. The average Bonchev–Trinajstić information content (AvgIpc) is 2.62. The van der Waals surface area contributed by atoms with E-state index in [1.54, 1.807) is 37.2 Å². The van der Waals surface area contributed by atoms with Gasteiger partial charge in [0.15, 0.2) is 0 Å². The number of aromatic nitrogens is 3. The molecule has 0 saturated carbocycles. The smallest absolute Gasteiger partial charge is 0.339 e. The summed E-state index contributed by atoms with van der Waals surface area (Å²) < 4.78 is 4.95. The molecule has 0 N–H and O–H groups in total. The van der Waals surface area contributed by atoms with Crippen LogP contribution in [0.1, 0.15) is 10.4 Å². The second-order valence-corrected chi connectivity index (χ2v) is 4.58. The number of carbonyl (C=O) groups is 1. The summed E-state index contributed by atoms with van der Waals surface area (Å²) in [4.78, 5) is 24.8. The molecule has 0 aliphatic carbocycles. The quantitative estimate of drug-likeness (QED) is 0.694. The zero-order valence-corrected chi connectivity index (χ0v) is 11.9. The highest BCUT2D eigenvalue weighted by molar-refractivity contribution is 6.03. The number of methoxy groups -OCH3 is 1. The first kappa shape index (κ1) is 13.9. The molecular weight excluding hydrogens is 278 g/mol. The van der Waals surface area contributed by atoms with E-state index < -0.39 is 5.97 Å². The highest BCUT2D eigenvalue weighted by Crippen LogP contribution is 2.31. The van der Waals surface area contributed by atoms with Crippen LogP contribution >= 0.6 is 0 Å². The van der Waals surface area contributed by atoms with Gasteiger partial charge in [-0.25, -0.2) is 4.79 Å². The first-order valence-electron chi connectivity index (χ1n) is 6.68. The number of nitrogens with zero attached hydrogens (tertiary/aromatic N) is 3. The van der Waals surface area contributed by atoms with Crippen molar-refractivity contribution in [2.75, 3.05) is 7.11 Å². The average molecular weight is 291 g/mol. The van der Waals surface area contributed by atoms with Crippen molar-refractivity contribution >= 4 is 5.97 Å². The minimum absolute atomic E-state index is 0.417. The van der Waals surface area contributed by atoms with Gasteiger partial charge >= 0.3 is 5.97 Å². The van der Waals surface area contributed by atoms with E-state index >= 15 is 0 Å². The molecule has 0 spiro atoms. The van der Waals surface area contributed by atoms with Crippen LogP contribution in [0, 0.1) is 0 Å². The van der Waals surface area contributed by atoms with Crippen molar-refractivity contribution in [1.29, 1.82) is 0 Å². The number of hydrogen-bond donors (Lipinski definition) is 0. The fraction of sp³-hybridized carbons (Fsp3) is 0.0588. The van der Waals surface area contributed by atoms with Crippen LogP contribution in [-0.4, -0.2) is 28.0 Å². The lowest BCUT2D eigenvalue weighted by atomic mass is 9.96. The molecule has 0 bridgehead atoms. The number of pyridine rings is 3. The van der Waals surface area contributed by atoms with Crippen LogP contribution < -0.4 is 0 Å². The molecule has 0 aliphatic rings. The van der Waals surface area contributed by atoms with E-state index in [1.807, 2.05) is 24.3 Å². The zero-order valence-electron chi connectivity index (χ0n) is 11.9. The van der Waals surface area contributed by atoms with Gasteiger partial charge in [-0.15, -0.1) is 0 Å². The van der Waals surface area contributed by atoms with Gasteiger partial charge in [0.1, 0.15) is 0 Å². The molecular formula is C17H13N3O2. The molecule has 3 aromatic heterocycles. The van der Waals surface area contributed by atoms with E-state index in [0.29, 0.717) is 16.7 Å². The van der Waals surface area contributed by atoms with E-state index in [-0.39, 0.29) is 0 Å². The molecule has 0 aromatic carbocycles. The maximum atomic E-state index is 12.3. The van der Waals surface area contributed by atoms with Crippen molar-refractivity contribution in [3.05, 3.63) is 67.0 Å². The Labute approximate surface area is 127 Å². The normalized spacial score (nSPS) is 10.2. The van der Waals surface area contributed by atoms with Gasteiger partial charge in [-0.2, -0.15) is 0 Å². The van der Waals surface area contributed by atoms with Gasteiger partial charge < -0.3 is 4.74 Å². The Balaban J connectivity index is 2.26. The first-order chi connectivity index (χ1) is 10.8. The number of ether oxygens (including phenoxy) is 1. The fourth-order valence-electron chi connectivity index (χ4n) is 2.26. The summed E-state index contributed by atoms with van der Waals surface area (Å²) in [5, 5.41) is 0. The fourth-order valence-corrected chi connectivity index (χ4v) is 2.26. The molecule has 0 atom stereocenters. The van der Waals surface area contributed by atoms with Crippen LogP contribution in [0.3, 0.4) is 0 Å².